The molecule has 7 nitrogen and oxygen atoms in total. The van der Waals surface area contributed by atoms with Gasteiger partial charge >= 0.3 is 5.69 Å². The maximum Gasteiger partial charge on any atom is 0.331 e. The van der Waals surface area contributed by atoms with Crippen molar-refractivity contribution in [2.45, 2.75) is 39.4 Å². The van der Waals surface area contributed by atoms with Crippen LogP contribution in [0.1, 0.15) is 29.7 Å². The number of benzene rings is 1. The normalized spacial score (nSPS) is 11.1. The van der Waals surface area contributed by atoms with Crippen LogP contribution >= 0.6 is 11.3 Å². The Morgan fingerprint density at radius 1 is 1.13 bits per heavy atom. The minimum absolute atomic E-state index is 0.151. The summed E-state index contributed by atoms with van der Waals surface area (Å²) in [4.78, 5) is 38.1. The quantitative estimate of drug-likeness (QED) is 0.458. The summed E-state index contributed by atoms with van der Waals surface area (Å²) in [6.07, 6.45) is 2.16. The number of aromatic nitrogens is 2. The molecule has 3 aromatic heterocycles. The van der Waals surface area contributed by atoms with Crippen molar-refractivity contribution in [2.75, 3.05) is 0 Å². The molecule has 3 heterocycles. The lowest BCUT2D eigenvalue weighted by Crippen LogP contribution is -2.40. The van der Waals surface area contributed by atoms with Crippen LogP contribution in [0.4, 0.5) is 0 Å². The minimum atomic E-state index is -0.353. The number of furan rings is 1. The van der Waals surface area contributed by atoms with Crippen LogP contribution in [0.2, 0.25) is 0 Å². The van der Waals surface area contributed by atoms with E-state index in [1.54, 1.807) is 23.0 Å². The topological polar surface area (TPSA) is 86.2 Å². The molecule has 1 aromatic carbocycles. The number of nitrogens with zero attached hydrogens (tertiary/aromatic N) is 2. The van der Waals surface area contributed by atoms with Gasteiger partial charge in [0.2, 0.25) is 5.91 Å². The van der Waals surface area contributed by atoms with Crippen LogP contribution in [0.3, 0.4) is 0 Å². The molecule has 8 heteroatoms. The van der Waals surface area contributed by atoms with Gasteiger partial charge in [-0.1, -0.05) is 29.8 Å². The van der Waals surface area contributed by atoms with Gasteiger partial charge in [0.1, 0.15) is 10.5 Å². The van der Waals surface area contributed by atoms with Crippen LogP contribution in [0.15, 0.2) is 68.1 Å². The van der Waals surface area contributed by atoms with Gasteiger partial charge < -0.3 is 9.73 Å². The standard InChI is InChI=1S/C23H23N3O4S/c1-16-5-2-6-17(13-16)15-26-19-9-12-31-21(19)22(28)25(23(26)29)10-3-8-20(27)24-14-18-7-4-11-30-18/h2,4-7,9,11-13H,3,8,10,14-15H2,1H3,(H,24,27). The Balaban J connectivity index is 1.51. The maximum atomic E-state index is 13.2. The van der Waals surface area contributed by atoms with Crippen molar-refractivity contribution in [1.82, 2.24) is 14.5 Å². The van der Waals surface area contributed by atoms with Crippen LogP contribution in [0.5, 0.6) is 0 Å². The number of carbonyl (C=O) groups excluding carboxylic acids is 1. The van der Waals surface area contributed by atoms with Gasteiger partial charge in [0.15, 0.2) is 0 Å². The molecule has 0 saturated carbocycles. The lowest BCUT2D eigenvalue weighted by Gasteiger charge is -2.13. The lowest BCUT2D eigenvalue weighted by molar-refractivity contribution is -0.121. The Kier molecular flexibility index (Phi) is 6.18. The third kappa shape index (κ3) is 4.69. The molecule has 160 valence electrons. The number of amides is 1. The van der Waals surface area contributed by atoms with Gasteiger partial charge in [-0.15, -0.1) is 11.3 Å². The van der Waals surface area contributed by atoms with E-state index in [0.29, 0.717) is 35.5 Å². The van der Waals surface area contributed by atoms with Gasteiger partial charge in [-0.2, -0.15) is 0 Å². The molecule has 0 atom stereocenters. The highest BCUT2D eigenvalue weighted by molar-refractivity contribution is 7.17. The highest BCUT2D eigenvalue weighted by Gasteiger charge is 2.15. The largest absolute Gasteiger partial charge is 0.467 e. The Morgan fingerprint density at radius 3 is 2.77 bits per heavy atom. The van der Waals surface area contributed by atoms with Gasteiger partial charge in [-0.25, -0.2) is 4.79 Å². The first kappa shape index (κ1) is 20.9. The fraction of sp³-hybridized carbons (Fsp3) is 0.261. The molecule has 4 aromatic rings. The van der Waals surface area contributed by atoms with Crippen molar-refractivity contribution in [3.8, 4) is 0 Å². The smallest absolute Gasteiger partial charge is 0.331 e. The van der Waals surface area contributed by atoms with Crippen molar-refractivity contribution in [3.63, 3.8) is 0 Å². The summed E-state index contributed by atoms with van der Waals surface area (Å²) in [5.41, 5.74) is 2.10. The second kappa shape index (κ2) is 9.18. The Hall–Kier alpha value is -3.39. The highest BCUT2D eigenvalue weighted by atomic mass is 32.1. The zero-order valence-electron chi connectivity index (χ0n) is 17.2. The van der Waals surface area contributed by atoms with Crippen LogP contribution < -0.4 is 16.6 Å². The fourth-order valence-electron chi connectivity index (χ4n) is 3.56. The van der Waals surface area contributed by atoms with E-state index in [2.05, 4.69) is 5.32 Å². The molecular formula is C23H23N3O4S. The monoisotopic (exact) mass is 437 g/mol. The van der Waals surface area contributed by atoms with Crippen LogP contribution in [0.25, 0.3) is 10.2 Å². The third-order valence-electron chi connectivity index (χ3n) is 5.09. The van der Waals surface area contributed by atoms with E-state index in [-0.39, 0.29) is 30.1 Å². The summed E-state index contributed by atoms with van der Waals surface area (Å²) in [7, 11) is 0. The molecular weight excluding hydrogens is 414 g/mol. The van der Waals surface area contributed by atoms with Crippen LogP contribution in [-0.4, -0.2) is 15.0 Å². The second-order valence-corrected chi connectivity index (χ2v) is 8.33. The zero-order chi connectivity index (χ0) is 21.8. The van der Waals surface area contributed by atoms with E-state index in [0.717, 1.165) is 11.1 Å². The van der Waals surface area contributed by atoms with Crippen molar-refractivity contribution in [3.05, 3.63) is 91.8 Å². The molecule has 0 spiro atoms. The Bertz CT molecular complexity index is 1310. The number of hydrogen-bond acceptors (Lipinski definition) is 5. The van der Waals surface area contributed by atoms with Gasteiger partial charge in [0.25, 0.3) is 5.56 Å². The number of thiophene rings is 1. The van der Waals surface area contributed by atoms with Gasteiger partial charge in [0, 0.05) is 13.0 Å². The molecule has 0 unspecified atom stereocenters. The molecule has 0 bridgehead atoms. The Labute approximate surface area is 182 Å². The molecule has 0 aliphatic heterocycles. The number of rotatable bonds is 8. The number of aryl methyl sites for hydroxylation is 1. The number of hydrogen-bond donors (Lipinski definition) is 1. The fourth-order valence-corrected chi connectivity index (χ4v) is 4.40. The maximum absolute atomic E-state index is 13.2. The molecule has 0 radical (unpaired) electrons. The molecule has 0 aliphatic carbocycles. The number of nitrogens with one attached hydrogen (secondary N) is 1. The van der Waals surface area contributed by atoms with E-state index in [1.807, 2.05) is 42.6 Å². The molecule has 0 aliphatic rings. The average molecular weight is 438 g/mol. The predicted octanol–water partition coefficient (Wildman–Crippen LogP) is 3.27. The van der Waals surface area contributed by atoms with Gasteiger partial charge in [-0.3, -0.25) is 18.7 Å². The minimum Gasteiger partial charge on any atom is -0.467 e. The van der Waals surface area contributed by atoms with Crippen LogP contribution in [0, 0.1) is 6.92 Å². The van der Waals surface area contributed by atoms with Gasteiger partial charge in [-0.05, 0) is 42.5 Å². The molecule has 4 rings (SSSR count). The molecule has 1 amide bonds. The average Bonchev–Trinajstić information content (AvgIpc) is 3.44. The molecule has 1 N–H and O–H groups in total. The summed E-state index contributed by atoms with van der Waals surface area (Å²) in [5, 5.41) is 4.60. The number of fused-ring (bicyclic) bond motifs is 1. The first-order valence-corrected chi connectivity index (χ1v) is 11.0. The SMILES string of the molecule is Cc1cccc(Cn2c(=O)n(CCCC(=O)NCc3ccco3)c(=O)c3sccc32)c1. The molecule has 0 saturated heterocycles. The van der Waals surface area contributed by atoms with E-state index in [1.165, 1.54) is 15.9 Å². The Morgan fingerprint density at radius 2 is 2.00 bits per heavy atom. The van der Waals surface area contributed by atoms with E-state index >= 15 is 0 Å². The van der Waals surface area contributed by atoms with E-state index in [4.69, 9.17) is 4.42 Å². The van der Waals surface area contributed by atoms with Crippen LogP contribution in [-0.2, 0) is 24.4 Å². The van der Waals surface area contributed by atoms with Crippen molar-refractivity contribution in [1.29, 1.82) is 0 Å². The first-order valence-electron chi connectivity index (χ1n) is 10.1. The molecule has 31 heavy (non-hydrogen) atoms. The highest BCUT2D eigenvalue weighted by Crippen LogP contribution is 2.17. The summed E-state index contributed by atoms with van der Waals surface area (Å²) >= 11 is 1.33. The number of carbonyl (C=O) groups is 1. The summed E-state index contributed by atoms with van der Waals surface area (Å²) < 4.78 is 8.62. The second-order valence-electron chi connectivity index (χ2n) is 7.41. The lowest BCUT2D eigenvalue weighted by atomic mass is 10.1. The summed E-state index contributed by atoms with van der Waals surface area (Å²) in [6.45, 7) is 2.89. The van der Waals surface area contributed by atoms with Crippen molar-refractivity contribution < 1.29 is 9.21 Å². The zero-order valence-corrected chi connectivity index (χ0v) is 18.0. The van der Waals surface area contributed by atoms with Gasteiger partial charge in [0.05, 0.1) is 24.9 Å². The first-order chi connectivity index (χ1) is 15.0. The summed E-state index contributed by atoms with van der Waals surface area (Å²) in [6, 6.07) is 13.3. The van der Waals surface area contributed by atoms with Crippen molar-refractivity contribution in [2.24, 2.45) is 0 Å². The summed E-state index contributed by atoms with van der Waals surface area (Å²) in [5.74, 6) is 0.522. The predicted molar refractivity (Wildman–Crippen MR) is 120 cm³/mol. The van der Waals surface area contributed by atoms with Crippen molar-refractivity contribution >= 4 is 27.5 Å². The van der Waals surface area contributed by atoms with E-state index < -0.39 is 0 Å². The van der Waals surface area contributed by atoms with E-state index in [9.17, 15) is 14.4 Å². The third-order valence-corrected chi connectivity index (χ3v) is 5.98. The molecule has 0 fully saturated rings.